The molecule has 1 N–H and O–H groups in total. The molecule has 0 unspecified atom stereocenters. The number of hydrogen-bond acceptors (Lipinski definition) is 5. The Kier molecular flexibility index (Phi) is 4.31. The molecular formula is C23H22N6O. The van der Waals surface area contributed by atoms with E-state index >= 15 is 0 Å². The van der Waals surface area contributed by atoms with Crippen molar-refractivity contribution < 1.29 is 4.79 Å². The van der Waals surface area contributed by atoms with Crippen molar-refractivity contribution in [2.24, 2.45) is 5.92 Å². The lowest BCUT2D eigenvalue weighted by Crippen LogP contribution is -2.14. The number of anilines is 1. The van der Waals surface area contributed by atoms with E-state index in [2.05, 4.69) is 32.7 Å². The van der Waals surface area contributed by atoms with Gasteiger partial charge in [0.1, 0.15) is 0 Å². The predicted octanol–water partition coefficient (Wildman–Crippen LogP) is 4.34. The fourth-order valence-electron chi connectivity index (χ4n) is 3.81. The molecule has 4 aromatic rings. The molecule has 2 atom stereocenters. The zero-order valence-corrected chi connectivity index (χ0v) is 17.1. The number of tetrazole rings is 1. The summed E-state index contributed by atoms with van der Waals surface area (Å²) in [5.74, 6) is 1.07. The Morgan fingerprint density at radius 2 is 1.97 bits per heavy atom. The average molecular weight is 398 g/mol. The van der Waals surface area contributed by atoms with Crippen LogP contribution in [-0.4, -0.2) is 31.1 Å². The van der Waals surface area contributed by atoms with Crippen LogP contribution in [0.25, 0.3) is 22.3 Å². The summed E-state index contributed by atoms with van der Waals surface area (Å²) in [6, 6.07) is 15.7. The topological polar surface area (TPSA) is 85.6 Å². The molecule has 1 aliphatic rings. The number of nitrogens with one attached hydrogen (secondary N) is 1. The number of carbonyl (C=O) groups is 1. The van der Waals surface area contributed by atoms with E-state index in [1.807, 2.05) is 61.0 Å². The summed E-state index contributed by atoms with van der Waals surface area (Å²) >= 11 is 0. The predicted molar refractivity (Wildman–Crippen MR) is 115 cm³/mol. The molecule has 1 amide bonds. The standard InChI is InChI=1S/C23H22N6O/c1-13-5-4-6-18(22-26-27-28-29(22)20-11-14(20)2)21(13)25-23(30)17-9-10-19-16(12-17)8-7-15(3)24-19/h4-10,12,14,20H,11H2,1-3H3,(H,25,30)/t14-,20-/m1/s1. The highest BCUT2D eigenvalue weighted by Gasteiger charge is 2.37. The molecule has 0 saturated heterocycles. The normalized spacial score (nSPS) is 17.8. The number of fused-ring (bicyclic) bond motifs is 1. The lowest BCUT2D eigenvalue weighted by molar-refractivity contribution is 0.102. The van der Waals surface area contributed by atoms with Crippen LogP contribution in [0.4, 0.5) is 5.69 Å². The SMILES string of the molecule is Cc1ccc2cc(C(=O)Nc3c(C)cccc3-c3nnnn3[C@@H]3C[C@H]3C)ccc2n1. The average Bonchev–Trinajstić information content (AvgIpc) is 3.26. The third-order valence-electron chi connectivity index (χ3n) is 5.72. The Morgan fingerprint density at radius 1 is 1.13 bits per heavy atom. The van der Waals surface area contributed by atoms with Gasteiger partial charge in [0, 0.05) is 22.2 Å². The molecule has 0 radical (unpaired) electrons. The summed E-state index contributed by atoms with van der Waals surface area (Å²) < 4.78 is 1.87. The zero-order valence-electron chi connectivity index (χ0n) is 17.1. The molecule has 1 aliphatic carbocycles. The van der Waals surface area contributed by atoms with E-state index in [0.29, 0.717) is 23.3 Å². The molecule has 0 aliphatic heterocycles. The van der Waals surface area contributed by atoms with Gasteiger partial charge in [0.05, 0.1) is 17.2 Å². The van der Waals surface area contributed by atoms with Gasteiger partial charge in [0.2, 0.25) is 0 Å². The number of aryl methyl sites for hydroxylation is 2. The molecule has 1 saturated carbocycles. The number of pyridine rings is 1. The van der Waals surface area contributed by atoms with Crippen molar-refractivity contribution in [2.75, 3.05) is 5.32 Å². The first-order valence-electron chi connectivity index (χ1n) is 10.1. The Morgan fingerprint density at radius 3 is 2.77 bits per heavy atom. The van der Waals surface area contributed by atoms with Crippen LogP contribution in [0, 0.1) is 19.8 Å². The Balaban J connectivity index is 1.50. The Hall–Kier alpha value is -3.61. The lowest BCUT2D eigenvalue weighted by atomic mass is 10.1. The minimum Gasteiger partial charge on any atom is -0.321 e. The van der Waals surface area contributed by atoms with E-state index in [0.717, 1.165) is 39.8 Å². The fourth-order valence-corrected chi connectivity index (χ4v) is 3.81. The van der Waals surface area contributed by atoms with Gasteiger partial charge in [0.25, 0.3) is 5.91 Å². The van der Waals surface area contributed by atoms with Gasteiger partial charge in [-0.1, -0.05) is 25.1 Å². The van der Waals surface area contributed by atoms with Crippen LogP contribution >= 0.6 is 0 Å². The maximum absolute atomic E-state index is 13.1. The van der Waals surface area contributed by atoms with E-state index in [4.69, 9.17) is 0 Å². The van der Waals surface area contributed by atoms with Crippen LogP contribution in [0.1, 0.15) is 41.0 Å². The molecule has 1 fully saturated rings. The molecule has 0 spiro atoms. The van der Waals surface area contributed by atoms with Crippen molar-refractivity contribution >= 4 is 22.5 Å². The molecule has 5 rings (SSSR count). The summed E-state index contributed by atoms with van der Waals surface area (Å²) in [4.78, 5) is 17.6. The maximum atomic E-state index is 13.1. The second kappa shape index (κ2) is 7.02. The summed E-state index contributed by atoms with van der Waals surface area (Å²) in [5, 5.41) is 16.4. The Labute approximate surface area is 174 Å². The summed E-state index contributed by atoms with van der Waals surface area (Å²) in [6.45, 7) is 6.11. The van der Waals surface area contributed by atoms with Crippen molar-refractivity contribution in [2.45, 2.75) is 33.2 Å². The van der Waals surface area contributed by atoms with Gasteiger partial charge in [0.15, 0.2) is 5.82 Å². The third-order valence-corrected chi connectivity index (χ3v) is 5.72. The van der Waals surface area contributed by atoms with E-state index in [1.54, 1.807) is 6.07 Å². The number of amides is 1. The van der Waals surface area contributed by atoms with E-state index in [9.17, 15) is 4.79 Å². The molecule has 2 heterocycles. The number of benzene rings is 2. The molecule has 30 heavy (non-hydrogen) atoms. The molecule has 2 aromatic heterocycles. The minimum absolute atomic E-state index is 0.174. The smallest absolute Gasteiger partial charge is 0.255 e. The summed E-state index contributed by atoms with van der Waals surface area (Å²) in [5.41, 5.74) is 4.92. The number of carbonyl (C=O) groups excluding carboxylic acids is 1. The molecule has 7 nitrogen and oxygen atoms in total. The van der Waals surface area contributed by atoms with Gasteiger partial charge in [-0.2, -0.15) is 0 Å². The molecular weight excluding hydrogens is 376 g/mol. The van der Waals surface area contributed by atoms with Crippen LogP contribution in [0.3, 0.4) is 0 Å². The highest BCUT2D eigenvalue weighted by Crippen LogP contribution is 2.44. The van der Waals surface area contributed by atoms with Crippen LogP contribution in [-0.2, 0) is 0 Å². The zero-order chi connectivity index (χ0) is 20.8. The van der Waals surface area contributed by atoms with Crippen molar-refractivity contribution in [3.8, 4) is 11.4 Å². The van der Waals surface area contributed by atoms with Gasteiger partial charge in [-0.3, -0.25) is 9.78 Å². The van der Waals surface area contributed by atoms with Gasteiger partial charge < -0.3 is 5.32 Å². The van der Waals surface area contributed by atoms with Gasteiger partial charge in [-0.05, 0) is 72.5 Å². The van der Waals surface area contributed by atoms with E-state index in [-0.39, 0.29) is 5.91 Å². The second-order valence-electron chi connectivity index (χ2n) is 8.04. The van der Waals surface area contributed by atoms with Crippen molar-refractivity contribution in [3.05, 3.63) is 65.4 Å². The number of aromatic nitrogens is 5. The van der Waals surface area contributed by atoms with Gasteiger partial charge in [-0.15, -0.1) is 5.10 Å². The highest BCUT2D eigenvalue weighted by molar-refractivity contribution is 6.08. The van der Waals surface area contributed by atoms with Crippen molar-refractivity contribution in [1.29, 1.82) is 0 Å². The molecule has 0 bridgehead atoms. The van der Waals surface area contributed by atoms with E-state index in [1.165, 1.54) is 0 Å². The van der Waals surface area contributed by atoms with Crippen molar-refractivity contribution in [1.82, 2.24) is 25.2 Å². The quantitative estimate of drug-likeness (QED) is 0.553. The highest BCUT2D eigenvalue weighted by atomic mass is 16.1. The van der Waals surface area contributed by atoms with Crippen LogP contribution < -0.4 is 5.32 Å². The first kappa shape index (κ1) is 18.4. The first-order valence-corrected chi connectivity index (χ1v) is 10.1. The second-order valence-corrected chi connectivity index (χ2v) is 8.04. The number of hydrogen-bond donors (Lipinski definition) is 1. The summed E-state index contributed by atoms with van der Waals surface area (Å²) in [6.07, 6.45) is 1.07. The van der Waals surface area contributed by atoms with Gasteiger partial charge >= 0.3 is 0 Å². The molecule has 7 heteroatoms. The van der Waals surface area contributed by atoms with Crippen LogP contribution in [0.15, 0.2) is 48.5 Å². The minimum atomic E-state index is -0.174. The largest absolute Gasteiger partial charge is 0.321 e. The first-order chi connectivity index (χ1) is 14.5. The fraction of sp³-hybridized carbons (Fsp3) is 0.261. The third kappa shape index (κ3) is 3.22. The molecule has 150 valence electrons. The molecule has 2 aromatic carbocycles. The summed E-state index contributed by atoms with van der Waals surface area (Å²) in [7, 11) is 0. The van der Waals surface area contributed by atoms with Crippen LogP contribution in [0.2, 0.25) is 0 Å². The number of nitrogens with zero attached hydrogens (tertiary/aromatic N) is 5. The Bertz CT molecular complexity index is 1280. The van der Waals surface area contributed by atoms with E-state index < -0.39 is 0 Å². The maximum Gasteiger partial charge on any atom is 0.255 e. The van der Waals surface area contributed by atoms with Gasteiger partial charge in [-0.25, -0.2) is 4.68 Å². The van der Waals surface area contributed by atoms with Crippen LogP contribution in [0.5, 0.6) is 0 Å². The number of para-hydroxylation sites is 1. The monoisotopic (exact) mass is 398 g/mol. The lowest BCUT2D eigenvalue weighted by Gasteiger charge is -2.14. The number of rotatable bonds is 4. The van der Waals surface area contributed by atoms with Crippen molar-refractivity contribution in [3.63, 3.8) is 0 Å².